The molecule has 0 saturated carbocycles. The van der Waals surface area contributed by atoms with Crippen LogP contribution in [0.2, 0.25) is 0 Å². The molecule has 2 N–H and O–H groups in total. The molecule has 2 nitrogen and oxygen atoms in total. The highest BCUT2D eigenvalue weighted by Gasteiger charge is 2.30. The number of likely N-dealkylation sites (N-methyl/N-ethyl adjacent to an activating group) is 1. The van der Waals surface area contributed by atoms with Gasteiger partial charge in [0.25, 0.3) is 0 Å². The molecular weight excluding hydrogens is 193 g/mol. The Morgan fingerprint density at radius 2 is 1.86 bits per heavy atom. The van der Waals surface area contributed by atoms with Crippen LogP contribution in [0.15, 0.2) is 0 Å². The van der Waals surface area contributed by atoms with Gasteiger partial charge in [0.2, 0.25) is 0 Å². The summed E-state index contributed by atoms with van der Waals surface area (Å²) in [5.41, 5.74) is 5.67. The Hall–Kier alpha value is -0.290. The van der Waals surface area contributed by atoms with E-state index in [1.54, 1.807) is 6.92 Å². The maximum Gasteiger partial charge on any atom is 0.401 e. The van der Waals surface area contributed by atoms with Crippen LogP contribution in [-0.4, -0.2) is 36.8 Å². The minimum absolute atomic E-state index is 0.151. The van der Waals surface area contributed by atoms with Crippen LogP contribution >= 0.6 is 0 Å². The average Bonchev–Trinajstić information content (AvgIpc) is 2.01. The summed E-state index contributed by atoms with van der Waals surface area (Å²) in [5, 5.41) is 0. The van der Waals surface area contributed by atoms with Crippen molar-refractivity contribution in [3.05, 3.63) is 0 Å². The van der Waals surface area contributed by atoms with Crippen molar-refractivity contribution in [3.63, 3.8) is 0 Å². The molecule has 5 heteroatoms. The van der Waals surface area contributed by atoms with E-state index in [1.165, 1.54) is 4.90 Å². The summed E-state index contributed by atoms with van der Waals surface area (Å²) in [7, 11) is 0. The Morgan fingerprint density at radius 3 is 2.21 bits per heavy atom. The smallest absolute Gasteiger partial charge is 0.327 e. The van der Waals surface area contributed by atoms with E-state index in [2.05, 4.69) is 0 Å². The lowest BCUT2D eigenvalue weighted by Crippen LogP contribution is -2.42. The van der Waals surface area contributed by atoms with Gasteiger partial charge in [-0.05, 0) is 13.0 Å². The molecule has 0 rings (SSSR count). The largest absolute Gasteiger partial charge is 0.401 e. The molecule has 0 heterocycles. The molecule has 0 aromatic heterocycles. The number of halogens is 3. The lowest BCUT2D eigenvalue weighted by atomic mass is 10.1. The van der Waals surface area contributed by atoms with Crippen molar-refractivity contribution in [1.82, 2.24) is 4.90 Å². The maximum absolute atomic E-state index is 12.0. The van der Waals surface area contributed by atoms with Gasteiger partial charge in [-0.3, -0.25) is 4.90 Å². The molecule has 0 fully saturated rings. The molecule has 0 aliphatic carbocycles. The average molecular weight is 212 g/mol. The second kappa shape index (κ2) is 6.24. The van der Waals surface area contributed by atoms with Gasteiger partial charge >= 0.3 is 6.18 Å². The molecule has 14 heavy (non-hydrogen) atoms. The van der Waals surface area contributed by atoms with Gasteiger partial charge in [-0.25, -0.2) is 0 Å². The molecule has 0 bridgehead atoms. The highest BCUT2D eigenvalue weighted by atomic mass is 19.4. The van der Waals surface area contributed by atoms with Gasteiger partial charge in [-0.15, -0.1) is 0 Å². The van der Waals surface area contributed by atoms with Crippen LogP contribution in [0.1, 0.15) is 26.7 Å². The molecule has 0 aliphatic rings. The van der Waals surface area contributed by atoms with Gasteiger partial charge in [0.1, 0.15) is 0 Å². The molecule has 1 atom stereocenters. The second-order valence-electron chi connectivity index (χ2n) is 3.49. The zero-order valence-corrected chi connectivity index (χ0v) is 8.77. The van der Waals surface area contributed by atoms with Crippen LogP contribution in [0.5, 0.6) is 0 Å². The van der Waals surface area contributed by atoms with Gasteiger partial charge in [-0.2, -0.15) is 13.2 Å². The molecule has 0 aromatic carbocycles. The fraction of sp³-hybridized carbons (Fsp3) is 1.00. The number of rotatable bonds is 6. The van der Waals surface area contributed by atoms with Crippen LogP contribution in [0.25, 0.3) is 0 Å². The quantitative estimate of drug-likeness (QED) is 0.729. The minimum atomic E-state index is -4.12. The minimum Gasteiger partial charge on any atom is -0.327 e. The van der Waals surface area contributed by atoms with Gasteiger partial charge < -0.3 is 5.73 Å². The maximum atomic E-state index is 12.0. The summed E-state index contributed by atoms with van der Waals surface area (Å²) in [4.78, 5) is 1.33. The summed E-state index contributed by atoms with van der Waals surface area (Å²) < 4.78 is 36.1. The summed E-state index contributed by atoms with van der Waals surface area (Å²) in [6.45, 7) is 3.53. The van der Waals surface area contributed by atoms with Crippen molar-refractivity contribution in [3.8, 4) is 0 Å². The first-order chi connectivity index (χ1) is 6.39. The molecule has 0 aromatic rings. The third-order valence-corrected chi connectivity index (χ3v) is 2.00. The molecule has 0 saturated heterocycles. The SMILES string of the molecule is CCCC(N)CN(CC)CC(F)(F)F. The summed E-state index contributed by atoms with van der Waals surface area (Å²) in [6, 6.07) is -0.151. The van der Waals surface area contributed by atoms with E-state index >= 15 is 0 Å². The van der Waals surface area contributed by atoms with E-state index in [-0.39, 0.29) is 6.04 Å². The zero-order chi connectivity index (χ0) is 11.2. The molecule has 0 amide bonds. The van der Waals surface area contributed by atoms with E-state index in [4.69, 9.17) is 5.73 Å². The topological polar surface area (TPSA) is 29.3 Å². The Morgan fingerprint density at radius 1 is 1.29 bits per heavy atom. The van der Waals surface area contributed by atoms with Gasteiger partial charge in [-0.1, -0.05) is 20.3 Å². The predicted octanol–water partition coefficient (Wildman–Crippen LogP) is 2.00. The third kappa shape index (κ3) is 7.15. The van der Waals surface area contributed by atoms with Crippen molar-refractivity contribution >= 4 is 0 Å². The molecule has 1 unspecified atom stereocenters. The number of alkyl halides is 3. The van der Waals surface area contributed by atoms with E-state index in [9.17, 15) is 13.2 Å². The predicted molar refractivity (Wildman–Crippen MR) is 51.1 cm³/mol. The number of nitrogens with two attached hydrogens (primary N) is 1. The number of hydrogen-bond acceptors (Lipinski definition) is 2. The molecular formula is C9H19F3N2. The number of nitrogens with zero attached hydrogens (tertiary/aromatic N) is 1. The van der Waals surface area contributed by atoms with Crippen LogP contribution in [0, 0.1) is 0 Å². The van der Waals surface area contributed by atoms with Gasteiger partial charge in [0.15, 0.2) is 0 Å². The van der Waals surface area contributed by atoms with E-state index in [1.807, 2.05) is 6.92 Å². The van der Waals surface area contributed by atoms with Crippen molar-refractivity contribution < 1.29 is 13.2 Å². The summed E-state index contributed by atoms with van der Waals surface area (Å²) in [6.07, 6.45) is -2.44. The Kier molecular flexibility index (Phi) is 6.11. The summed E-state index contributed by atoms with van der Waals surface area (Å²) >= 11 is 0. The lowest BCUT2D eigenvalue weighted by Gasteiger charge is -2.24. The van der Waals surface area contributed by atoms with Crippen molar-refractivity contribution in [2.24, 2.45) is 5.73 Å². The highest BCUT2D eigenvalue weighted by Crippen LogP contribution is 2.16. The fourth-order valence-electron chi connectivity index (χ4n) is 1.35. The van der Waals surface area contributed by atoms with Gasteiger partial charge in [0.05, 0.1) is 6.54 Å². The summed E-state index contributed by atoms with van der Waals surface area (Å²) in [5.74, 6) is 0. The molecule has 0 spiro atoms. The standard InChI is InChI=1S/C9H19F3N2/c1-3-5-8(13)6-14(4-2)7-9(10,11)12/h8H,3-7,13H2,1-2H3. The van der Waals surface area contributed by atoms with Crippen molar-refractivity contribution in [1.29, 1.82) is 0 Å². The number of hydrogen-bond donors (Lipinski definition) is 1. The molecule has 0 aliphatic heterocycles. The highest BCUT2D eigenvalue weighted by molar-refractivity contribution is 4.69. The first kappa shape index (κ1) is 13.7. The van der Waals surface area contributed by atoms with Crippen LogP contribution < -0.4 is 5.73 Å². The third-order valence-electron chi connectivity index (χ3n) is 2.00. The van der Waals surface area contributed by atoms with Crippen LogP contribution in [0.3, 0.4) is 0 Å². The monoisotopic (exact) mass is 212 g/mol. The van der Waals surface area contributed by atoms with Crippen molar-refractivity contribution in [2.75, 3.05) is 19.6 Å². The first-order valence-electron chi connectivity index (χ1n) is 4.93. The zero-order valence-electron chi connectivity index (χ0n) is 8.77. The van der Waals surface area contributed by atoms with Crippen molar-refractivity contribution in [2.45, 2.75) is 38.9 Å². The van der Waals surface area contributed by atoms with E-state index < -0.39 is 12.7 Å². The Bertz CT molecular complexity index is 147. The van der Waals surface area contributed by atoms with Crippen LogP contribution in [0.4, 0.5) is 13.2 Å². The second-order valence-corrected chi connectivity index (χ2v) is 3.49. The van der Waals surface area contributed by atoms with Crippen LogP contribution in [-0.2, 0) is 0 Å². The van der Waals surface area contributed by atoms with E-state index in [0.29, 0.717) is 13.1 Å². The fourth-order valence-corrected chi connectivity index (χ4v) is 1.35. The Balaban J connectivity index is 3.90. The van der Waals surface area contributed by atoms with Gasteiger partial charge in [0, 0.05) is 12.6 Å². The lowest BCUT2D eigenvalue weighted by molar-refractivity contribution is -0.145. The molecule has 0 radical (unpaired) electrons. The normalized spacial score (nSPS) is 14.8. The Labute approximate surface area is 83.3 Å². The first-order valence-corrected chi connectivity index (χ1v) is 4.93. The molecule has 86 valence electrons. The van der Waals surface area contributed by atoms with E-state index in [0.717, 1.165) is 12.8 Å².